The number of nitrogen functional groups attached to an aromatic ring is 1. The molecule has 0 amide bonds. The molecule has 3 heterocycles. The Morgan fingerprint density at radius 3 is 2.42 bits per heavy atom. The summed E-state index contributed by atoms with van der Waals surface area (Å²) in [6.07, 6.45) is 0.570. The Bertz CT molecular complexity index is 1050. The van der Waals surface area contributed by atoms with Crippen LogP contribution in [-0.2, 0) is 27.1 Å². The third-order valence-electron chi connectivity index (χ3n) is 4.24. The predicted octanol–water partition coefficient (Wildman–Crippen LogP) is 0.0338. The molecule has 2 aromatic heterocycles. The van der Waals surface area contributed by atoms with Crippen molar-refractivity contribution in [3.63, 3.8) is 0 Å². The number of aromatic nitrogens is 2. The van der Waals surface area contributed by atoms with E-state index in [2.05, 4.69) is 6.07 Å². The van der Waals surface area contributed by atoms with Crippen LogP contribution >= 0.6 is 11.3 Å². The van der Waals surface area contributed by atoms with Crippen molar-refractivity contribution in [2.45, 2.75) is 13.0 Å². The number of anilines is 2. The van der Waals surface area contributed by atoms with E-state index in [4.69, 9.17) is 5.73 Å². The fourth-order valence-corrected chi connectivity index (χ4v) is 4.11. The minimum absolute atomic E-state index is 0.0620. The Kier molecular flexibility index (Phi) is 3.66. The summed E-state index contributed by atoms with van der Waals surface area (Å²) < 4.78 is 2.24. The summed E-state index contributed by atoms with van der Waals surface area (Å²) >= 11 is 1.33. The number of nitrogens with zero attached hydrogens (tertiary/aromatic N) is 5. The van der Waals surface area contributed by atoms with Crippen molar-refractivity contribution in [2.24, 2.45) is 14.1 Å². The van der Waals surface area contributed by atoms with Crippen LogP contribution < -0.4 is 21.9 Å². The van der Waals surface area contributed by atoms with E-state index in [1.54, 1.807) is 0 Å². The van der Waals surface area contributed by atoms with Crippen molar-refractivity contribution in [2.75, 3.05) is 17.2 Å². The number of thiophene rings is 1. The molecule has 0 aliphatic carbocycles. The van der Waals surface area contributed by atoms with Gasteiger partial charge in [-0.05, 0) is 12.0 Å². The van der Waals surface area contributed by atoms with Crippen molar-refractivity contribution in [3.8, 4) is 12.1 Å². The third kappa shape index (κ3) is 2.10. The number of rotatable bonds is 1. The summed E-state index contributed by atoms with van der Waals surface area (Å²) in [5.41, 5.74) is 6.16. The summed E-state index contributed by atoms with van der Waals surface area (Å²) in [6.45, 7) is 0.897. The molecule has 0 aromatic carbocycles. The molecular weight excluding hydrogens is 328 g/mol. The molecule has 0 fully saturated rings. The highest BCUT2D eigenvalue weighted by atomic mass is 32.1. The molecule has 0 atom stereocenters. The Morgan fingerprint density at radius 1 is 1.12 bits per heavy atom. The first-order valence-electron chi connectivity index (χ1n) is 7.15. The van der Waals surface area contributed by atoms with Gasteiger partial charge in [0.15, 0.2) is 5.56 Å². The van der Waals surface area contributed by atoms with E-state index in [9.17, 15) is 20.1 Å². The lowest BCUT2D eigenvalue weighted by molar-refractivity contribution is 0.639. The Hall–Kier alpha value is -3.04. The zero-order chi connectivity index (χ0) is 17.6. The number of hydrogen-bond donors (Lipinski definition) is 1. The van der Waals surface area contributed by atoms with Crippen molar-refractivity contribution in [3.05, 3.63) is 42.4 Å². The second-order valence-electron chi connectivity index (χ2n) is 5.54. The van der Waals surface area contributed by atoms with Gasteiger partial charge in [-0.1, -0.05) is 0 Å². The summed E-state index contributed by atoms with van der Waals surface area (Å²) in [6, 6.07) is 4.04. The minimum atomic E-state index is -0.607. The van der Waals surface area contributed by atoms with Crippen molar-refractivity contribution in [1.82, 2.24) is 9.13 Å². The highest BCUT2D eigenvalue weighted by molar-refractivity contribution is 7.16. The average molecular weight is 342 g/mol. The smallest absolute Gasteiger partial charge is 0.332 e. The van der Waals surface area contributed by atoms with E-state index in [1.165, 1.54) is 30.0 Å². The molecule has 24 heavy (non-hydrogen) atoms. The second-order valence-corrected chi connectivity index (χ2v) is 6.68. The second kappa shape index (κ2) is 5.55. The molecule has 9 heteroatoms. The van der Waals surface area contributed by atoms with Crippen LogP contribution in [0.5, 0.6) is 0 Å². The van der Waals surface area contributed by atoms with Gasteiger partial charge in [-0.15, -0.1) is 11.3 Å². The molecule has 8 nitrogen and oxygen atoms in total. The SMILES string of the molecule is Cn1c(N2CCc3c(sc(N)c3C#N)C2)c(C#N)c(=O)n(C)c1=O. The number of hydrogen-bond acceptors (Lipinski definition) is 7. The van der Waals surface area contributed by atoms with E-state index < -0.39 is 11.2 Å². The minimum Gasteiger partial charge on any atom is -0.389 e. The van der Waals surface area contributed by atoms with Crippen molar-refractivity contribution in [1.29, 1.82) is 10.5 Å². The molecule has 2 N–H and O–H groups in total. The van der Waals surface area contributed by atoms with Crippen LogP contribution in [0, 0.1) is 22.7 Å². The largest absolute Gasteiger partial charge is 0.389 e. The van der Waals surface area contributed by atoms with Gasteiger partial charge < -0.3 is 10.6 Å². The van der Waals surface area contributed by atoms with Gasteiger partial charge in [-0.3, -0.25) is 13.9 Å². The summed E-state index contributed by atoms with van der Waals surface area (Å²) in [4.78, 5) is 27.2. The lowest BCUT2D eigenvalue weighted by atomic mass is 10.0. The van der Waals surface area contributed by atoms with Gasteiger partial charge in [-0.25, -0.2) is 4.79 Å². The van der Waals surface area contributed by atoms with Gasteiger partial charge in [-0.2, -0.15) is 10.5 Å². The maximum absolute atomic E-state index is 12.2. The van der Waals surface area contributed by atoms with Gasteiger partial charge in [0.25, 0.3) is 5.56 Å². The third-order valence-corrected chi connectivity index (χ3v) is 5.29. The van der Waals surface area contributed by atoms with Gasteiger partial charge in [0.2, 0.25) is 0 Å². The van der Waals surface area contributed by atoms with E-state index in [-0.39, 0.29) is 5.56 Å². The Morgan fingerprint density at radius 2 is 1.79 bits per heavy atom. The van der Waals surface area contributed by atoms with Crippen molar-refractivity contribution < 1.29 is 0 Å². The monoisotopic (exact) mass is 342 g/mol. The zero-order valence-corrected chi connectivity index (χ0v) is 14.0. The quantitative estimate of drug-likeness (QED) is 0.781. The summed E-state index contributed by atoms with van der Waals surface area (Å²) in [5, 5.41) is 19.1. The summed E-state index contributed by atoms with van der Waals surface area (Å²) in [7, 11) is 2.89. The van der Waals surface area contributed by atoms with Crippen LogP contribution in [0.15, 0.2) is 9.59 Å². The number of nitriles is 2. The first-order chi connectivity index (χ1) is 11.4. The Labute approximate surface area is 141 Å². The van der Waals surface area contributed by atoms with E-state index in [0.29, 0.717) is 35.9 Å². The van der Waals surface area contributed by atoms with E-state index in [0.717, 1.165) is 15.0 Å². The molecule has 3 rings (SSSR count). The maximum Gasteiger partial charge on any atom is 0.332 e. The standard InChI is InChI=1S/C15H14N6O2S/c1-19-13(10(6-17)14(22)20(2)15(19)23)21-4-3-8-9(5-16)12(18)24-11(8)7-21/h3-4,7,18H2,1-2H3. The number of nitrogens with two attached hydrogens (primary N) is 1. The highest BCUT2D eigenvalue weighted by Gasteiger charge is 2.28. The molecule has 122 valence electrons. The molecule has 2 aromatic rings. The van der Waals surface area contributed by atoms with Crippen molar-refractivity contribution >= 4 is 22.2 Å². The first kappa shape index (κ1) is 15.8. The summed E-state index contributed by atoms with van der Waals surface area (Å²) in [5.74, 6) is 0.307. The van der Waals surface area contributed by atoms with Crippen LogP contribution in [0.2, 0.25) is 0 Å². The van der Waals surface area contributed by atoms with Gasteiger partial charge in [0, 0.05) is 25.5 Å². The average Bonchev–Trinajstić information content (AvgIpc) is 2.89. The normalized spacial score (nSPS) is 13.2. The van der Waals surface area contributed by atoms with Crippen LogP contribution in [-0.4, -0.2) is 15.7 Å². The van der Waals surface area contributed by atoms with Gasteiger partial charge in [0.05, 0.1) is 12.1 Å². The molecule has 0 saturated carbocycles. The van der Waals surface area contributed by atoms with Crippen LogP contribution in [0.1, 0.15) is 21.6 Å². The lowest BCUT2D eigenvalue weighted by Crippen LogP contribution is -2.43. The molecule has 0 radical (unpaired) electrons. The number of fused-ring (bicyclic) bond motifs is 1. The molecule has 0 saturated heterocycles. The molecule has 0 bridgehead atoms. The molecule has 0 spiro atoms. The fourth-order valence-electron chi connectivity index (χ4n) is 3.03. The molecule has 1 aliphatic rings. The Balaban J connectivity index is 2.16. The highest BCUT2D eigenvalue weighted by Crippen LogP contribution is 2.36. The van der Waals surface area contributed by atoms with Crippen LogP contribution in [0.3, 0.4) is 0 Å². The van der Waals surface area contributed by atoms with Crippen LogP contribution in [0.25, 0.3) is 0 Å². The molecule has 0 unspecified atom stereocenters. The van der Waals surface area contributed by atoms with E-state index >= 15 is 0 Å². The van der Waals surface area contributed by atoms with E-state index in [1.807, 2.05) is 11.0 Å². The maximum atomic E-state index is 12.2. The fraction of sp³-hybridized carbons (Fsp3) is 0.333. The zero-order valence-electron chi connectivity index (χ0n) is 13.2. The molecular formula is C15H14N6O2S. The van der Waals surface area contributed by atoms with Gasteiger partial charge >= 0.3 is 5.69 Å². The lowest BCUT2D eigenvalue weighted by Gasteiger charge is -2.30. The predicted molar refractivity (Wildman–Crippen MR) is 89.8 cm³/mol. The van der Waals surface area contributed by atoms with Gasteiger partial charge in [0.1, 0.15) is 23.0 Å². The molecule has 1 aliphatic heterocycles. The first-order valence-corrected chi connectivity index (χ1v) is 7.97. The topological polar surface area (TPSA) is 121 Å². The van der Waals surface area contributed by atoms with Crippen LogP contribution in [0.4, 0.5) is 10.8 Å².